The molecule has 0 atom stereocenters. The van der Waals surface area contributed by atoms with Gasteiger partial charge in [0.05, 0.1) is 5.56 Å². The molecule has 1 N–H and O–H groups in total. The van der Waals surface area contributed by atoms with Crippen molar-refractivity contribution in [1.82, 2.24) is 5.32 Å². The van der Waals surface area contributed by atoms with Gasteiger partial charge in [-0.1, -0.05) is 45.1 Å². The van der Waals surface area contributed by atoms with E-state index in [0.717, 1.165) is 31.4 Å². The summed E-state index contributed by atoms with van der Waals surface area (Å²) in [5, 5.41) is 2.66. The second-order valence-electron chi connectivity index (χ2n) is 5.10. The summed E-state index contributed by atoms with van der Waals surface area (Å²) >= 11 is 0. The number of amides is 1. The van der Waals surface area contributed by atoms with E-state index in [9.17, 15) is 18.0 Å². The van der Waals surface area contributed by atoms with Gasteiger partial charge in [0.15, 0.2) is 0 Å². The van der Waals surface area contributed by atoms with Gasteiger partial charge in [-0.25, -0.2) is 0 Å². The van der Waals surface area contributed by atoms with Crippen LogP contribution in [-0.2, 0) is 6.18 Å². The molecule has 5 heteroatoms. The Hall–Kier alpha value is -1.52. The SMILES string of the molecule is CCCCCCCCNC(=O)c1cccc(C(F)(F)F)c1. The van der Waals surface area contributed by atoms with Crippen molar-refractivity contribution in [3.8, 4) is 0 Å². The van der Waals surface area contributed by atoms with Crippen LogP contribution in [0.15, 0.2) is 24.3 Å². The first-order chi connectivity index (χ1) is 9.95. The number of hydrogen-bond acceptors (Lipinski definition) is 1. The number of hydrogen-bond donors (Lipinski definition) is 1. The Morgan fingerprint density at radius 3 is 2.43 bits per heavy atom. The lowest BCUT2D eigenvalue weighted by Crippen LogP contribution is -2.24. The third kappa shape index (κ3) is 6.65. The van der Waals surface area contributed by atoms with Crippen LogP contribution in [-0.4, -0.2) is 12.5 Å². The minimum absolute atomic E-state index is 0.0517. The molecule has 21 heavy (non-hydrogen) atoms. The lowest BCUT2D eigenvalue weighted by molar-refractivity contribution is -0.137. The number of carbonyl (C=O) groups is 1. The molecule has 0 aliphatic heterocycles. The molecule has 0 bridgehead atoms. The minimum Gasteiger partial charge on any atom is -0.352 e. The van der Waals surface area contributed by atoms with Crippen LogP contribution in [0.2, 0.25) is 0 Å². The summed E-state index contributed by atoms with van der Waals surface area (Å²) < 4.78 is 37.7. The second kappa shape index (κ2) is 8.70. The predicted octanol–water partition coefficient (Wildman–Crippen LogP) is 4.80. The van der Waals surface area contributed by atoms with E-state index in [1.807, 2.05) is 0 Å². The Kier molecular flexibility index (Phi) is 7.26. The van der Waals surface area contributed by atoms with E-state index < -0.39 is 17.6 Å². The molecule has 1 aromatic rings. The van der Waals surface area contributed by atoms with Crippen molar-refractivity contribution in [3.63, 3.8) is 0 Å². The Bertz CT molecular complexity index is 443. The summed E-state index contributed by atoms with van der Waals surface area (Å²) in [5.41, 5.74) is -0.745. The molecule has 0 unspecified atom stereocenters. The van der Waals surface area contributed by atoms with Gasteiger partial charge in [-0.05, 0) is 24.6 Å². The standard InChI is InChI=1S/C16H22F3NO/c1-2-3-4-5-6-7-11-20-15(21)13-9-8-10-14(12-13)16(17,18)19/h8-10,12H,2-7,11H2,1H3,(H,20,21). The van der Waals surface area contributed by atoms with Gasteiger partial charge >= 0.3 is 6.18 Å². The average Bonchev–Trinajstić information content (AvgIpc) is 2.45. The van der Waals surface area contributed by atoms with Gasteiger partial charge in [-0.15, -0.1) is 0 Å². The molecule has 2 nitrogen and oxygen atoms in total. The van der Waals surface area contributed by atoms with Gasteiger partial charge in [0.1, 0.15) is 0 Å². The summed E-state index contributed by atoms with van der Waals surface area (Å²) in [6, 6.07) is 4.50. The molecule has 0 heterocycles. The molecular formula is C16H22F3NO. The Labute approximate surface area is 123 Å². The first-order valence-electron chi connectivity index (χ1n) is 7.40. The third-order valence-electron chi connectivity index (χ3n) is 3.27. The van der Waals surface area contributed by atoms with Crippen LogP contribution in [0.5, 0.6) is 0 Å². The van der Waals surface area contributed by atoms with E-state index in [4.69, 9.17) is 0 Å². The summed E-state index contributed by atoms with van der Waals surface area (Å²) in [6.07, 6.45) is 2.20. The van der Waals surface area contributed by atoms with Crippen LogP contribution in [0.4, 0.5) is 13.2 Å². The zero-order chi connectivity index (χ0) is 15.7. The molecule has 0 saturated carbocycles. The van der Waals surface area contributed by atoms with Gasteiger partial charge in [-0.2, -0.15) is 13.2 Å². The molecule has 0 radical (unpaired) electrons. The van der Waals surface area contributed by atoms with E-state index in [0.29, 0.717) is 6.54 Å². The maximum Gasteiger partial charge on any atom is 0.416 e. The number of rotatable bonds is 8. The lowest BCUT2D eigenvalue weighted by Gasteiger charge is -2.09. The molecule has 1 rings (SSSR count). The Morgan fingerprint density at radius 2 is 1.76 bits per heavy atom. The van der Waals surface area contributed by atoms with Gasteiger partial charge < -0.3 is 5.32 Å². The molecular weight excluding hydrogens is 279 g/mol. The van der Waals surface area contributed by atoms with E-state index in [2.05, 4.69) is 12.2 Å². The zero-order valence-corrected chi connectivity index (χ0v) is 12.3. The lowest BCUT2D eigenvalue weighted by atomic mass is 10.1. The smallest absolute Gasteiger partial charge is 0.352 e. The molecule has 118 valence electrons. The Morgan fingerprint density at radius 1 is 1.10 bits per heavy atom. The molecule has 0 saturated heterocycles. The summed E-state index contributed by atoms with van der Waals surface area (Å²) in [7, 11) is 0. The monoisotopic (exact) mass is 301 g/mol. The van der Waals surface area contributed by atoms with Crippen molar-refractivity contribution >= 4 is 5.91 Å². The fourth-order valence-corrected chi connectivity index (χ4v) is 2.05. The number of carbonyl (C=O) groups excluding carboxylic acids is 1. The highest BCUT2D eigenvalue weighted by Gasteiger charge is 2.30. The molecule has 0 spiro atoms. The van der Waals surface area contributed by atoms with Crippen LogP contribution in [0.1, 0.15) is 61.4 Å². The molecule has 0 aliphatic rings. The number of halogens is 3. The maximum atomic E-state index is 12.6. The molecule has 1 aromatic carbocycles. The fourth-order valence-electron chi connectivity index (χ4n) is 2.05. The zero-order valence-electron chi connectivity index (χ0n) is 12.3. The van der Waals surface area contributed by atoms with Crippen molar-refractivity contribution in [2.75, 3.05) is 6.54 Å². The van der Waals surface area contributed by atoms with Crippen molar-refractivity contribution in [2.24, 2.45) is 0 Å². The first kappa shape index (κ1) is 17.5. The van der Waals surface area contributed by atoms with Gasteiger partial charge in [0, 0.05) is 12.1 Å². The van der Waals surface area contributed by atoms with E-state index >= 15 is 0 Å². The first-order valence-corrected chi connectivity index (χ1v) is 7.40. The number of alkyl halides is 3. The maximum absolute atomic E-state index is 12.6. The summed E-state index contributed by atoms with van der Waals surface area (Å²) in [4.78, 5) is 11.8. The topological polar surface area (TPSA) is 29.1 Å². The highest BCUT2D eigenvalue weighted by Crippen LogP contribution is 2.29. The van der Waals surface area contributed by atoms with Gasteiger partial charge in [-0.3, -0.25) is 4.79 Å². The quantitative estimate of drug-likeness (QED) is 0.687. The van der Waals surface area contributed by atoms with Crippen molar-refractivity contribution in [1.29, 1.82) is 0 Å². The summed E-state index contributed by atoms with van der Waals surface area (Å²) in [6.45, 7) is 2.65. The molecule has 0 fully saturated rings. The molecule has 1 amide bonds. The number of nitrogens with one attached hydrogen (secondary N) is 1. The number of unbranched alkanes of at least 4 members (excludes halogenated alkanes) is 5. The van der Waals surface area contributed by atoms with Gasteiger partial charge in [0.25, 0.3) is 5.91 Å². The van der Waals surface area contributed by atoms with Crippen LogP contribution in [0.25, 0.3) is 0 Å². The fraction of sp³-hybridized carbons (Fsp3) is 0.562. The highest BCUT2D eigenvalue weighted by molar-refractivity contribution is 5.94. The van der Waals surface area contributed by atoms with Crippen molar-refractivity contribution < 1.29 is 18.0 Å². The van der Waals surface area contributed by atoms with Crippen LogP contribution >= 0.6 is 0 Å². The van der Waals surface area contributed by atoms with Gasteiger partial charge in [0.2, 0.25) is 0 Å². The normalized spacial score (nSPS) is 11.4. The minimum atomic E-state index is -4.42. The van der Waals surface area contributed by atoms with Crippen LogP contribution in [0.3, 0.4) is 0 Å². The van der Waals surface area contributed by atoms with Crippen molar-refractivity contribution in [3.05, 3.63) is 35.4 Å². The van der Waals surface area contributed by atoms with Crippen LogP contribution < -0.4 is 5.32 Å². The highest BCUT2D eigenvalue weighted by atomic mass is 19.4. The predicted molar refractivity (Wildman–Crippen MR) is 77.2 cm³/mol. The average molecular weight is 301 g/mol. The second-order valence-corrected chi connectivity index (χ2v) is 5.10. The van der Waals surface area contributed by atoms with E-state index in [1.54, 1.807) is 0 Å². The third-order valence-corrected chi connectivity index (χ3v) is 3.27. The summed E-state index contributed by atoms with van der Waals surface area (Å²) in [5.74, 6) is -0.449. The largest absolute Gasteiger partial charge is 0.416 e. The Balaban J connectivity index is 2.36. The van der Waals surface area contributed by atoms with Crippen LogP contribution in [0, 0.1) is 0 Å². The number of benzene rings is 1. The van der Waals surface area contributed by atoms with E-state index in [1.165, 1.54) is 31.4 Å². The van der Waals surface area contributed by atoms with Crippen molar-refractivity contribution in [2.45, 2.75) is 51.6 Å². The van der Waals surface area contributed by atoms with E-state index in [-0.39, 0.29) is 5.56 Å². The molecule has 0 aliphatic carbocycles. The molecule has 0 aromatic heterocycles.